The number of carbonyl (C=O) groups is 1. The van der Waals surface area contributed by atoms with Gasteiger partial charge in [0.1, 0.15) is 18.0 Å². The van der Waals surface area contributed by atoms with Gasteiger partial charge in [-0.15, -0.1) is 12.4 Å². The molecule has 0 aromatic heterocycles. The van der Waals surface area contributed by atoms with Crippen molar-refractivity contribution >= 4 is 39.7 Å². The quantitative estimate of drug-likeness (QED) is 0.662. The number of amides is 1. The maximum atomic E-state index is 12.1. The predicted octanol–water partition coefficient (Wildman–Crippen LogP) is 1.10. The summed E-state index contributed by atoms with van der Waals surface area (Å²) < 4.78 is 36.6. The number of rotatable bonds is 5. The molecule has 0 bridgehead atoms. The summed E-state index contributed by atoms with van der Waals surface area (Å²) in [4.78, 5) is 12.1. The average Bonchev–Trinajstić information content (AvgIpc) is 2.55. The van der Waals surface area contributed by atoms with Gasteiger partial charge in [-0.25, -0.2) is 8.42 Å². The summed E-state index contributed by atoms with van der Waals surface area (Å²) in [5, 5.41) is 6.15. The highest BCUT2D eigenvalue weighted by molar-refractivity contribution is 7.92. The second-order valence-electron chi connectivity index (χ2n) is 6.54. The zero-order valence-electron chi connectivity index (χ0n) is 15.2. The fourth-order valence-electron chi connectivity index (χ4n) is 3.21. The smallest absolute Gasteiger partial charge is 0.250 e. The summed E-state index contributed by atoms with van der Waals surface area (Å²) in [6.45, 7) is 1.57. The third-order valence-electron chi connectivity index (χ3n) is 4.29. The highest BCUT2D eigenvalue weighted by atomic mass is 35.5. The van der Waals surface area contributed by atoms with Gasteiger partial charge in [-0.05, 0) is 37.4 Å². The lowest BCUT2D eigenvalue weighted by Crippen LogP contribution is -2.47. The Kier molecular flexibility index (Phi) is 6.74. The number of benzene rings is 1. The molecular weight excluding hydrogens is 394 g/mol. The Bertz CT molecular complexity index is 835. The van der Waals surface area contributed by atoms with Crippen LogP contribution in [0, 0.1) is 0 Å². The molecule has 1 saturated heterocycles. The first-order valence-corrected chi connectivity index (χ1v) is 10.2. The Balaban J connectivity index is 0.00000261. The van der Waals surface area contributed by atoms with Crippen molar-refractivity contribution in [3.05, 3.63) is 29.8 Å². The van der Waals surface area contributed by atoms with Crippen molar-refractivity contribution in [1.29, 1.82) is 0 Å². The van der Waals surface area contributed by atoms with E-state index in [-0.39, 0.29) is 24.9 Å². The number of anilines is 1. The first kappa shape index (κ1) is 21.5. The van der Waals surface area contributed by atoms with E-state index in [0.29, 0.717) is 22.7 Å². The number of sulfonamides is 1. The predicted molar refractivity (Wildman–Crippen MR) is 106 cm³/mol. The Morgan fingerprint density at radius 1 is 1.33 bits per heavy atom. The third kappa shape index (κ3) is 5.35. The molecule has 0 radical (unpaired) electrons. The van der Waals surface area contributed by atoms with E-state index in [1.165, 1.54) is 7.11 Å². The maximum absolute atomic E-state index is 12.1. The molecular formula is C17H24ClN3O5S. The van der Waals surface area contributed by atoms with Crippen molar-refractivity contribution in [3.63, 3.8) is 0 Å². The molecule has 10 heteroatoms. The van der Waals surface area contributed by atoms with Crippen molar-refractivity contribution in [2.24, 2.45) is 0 Å². The van der Waals surface area contributed by atoms with Crippen LogP contribution in [0.2, 0.25) is 0 Å². The van der Waals surface area contributed by atoms with Crippen LogP contribution in [0.3, 0.4) is 0 Å². The number of methoxy groups -OCH3 is 1. The van der Waals surface area contributed by atoms with Gasteiger partial charge in [0.05, 0.1) is 12.0 Å². The topological polar surface area (TPSA) is 106 Å². The van der Waals surface area contributed by atoms with E-state index in [4.69, 9.17) is 9.47 Å². The van der Waals surface area contributed by atoms with E-state index in [1.807, 2.05) is 6.08 Å². The van der Waals surface area contributed by atoms with Crippen LogP contribution >= 0.6 is 12.4 Å². The Labute approximate surface area is 165 Å². The molecule has 1 fully saturated rings. The Morgan fingerprint density at radius 3 is 2.67 bits per heavy atom. The molecule has 0 atom stereocenters. The summed E-state index contributed by atoms with van der Waals surface area (Å²) in [5.74, 6) is 0.332. The fraction of sp³-hybridized carbons (Fsp3) is 0.471. The van der Waals surface area contributed by atoms with Crippen LogP contribution in [0.4, 0.5) is 5.69 Å². The van der Waals surface area contributed by atoms with Crippen LogP contribution < -0.4 is 20.1 Å². The van der Waals surface area contributed by atoms with E-state index in [2.05, 4.69) is 15.4 Å². The normalized spacial score (nSPS) is 17.8. The van der Waals surface area contributed by atoms with Crippen LogP contribution in [-0.2, 0) is 19.6 Å². The molecule has 8 nitrogen and oxygen atoms in total. The van der Waals surface area contributed by atoms with Crippen molar-refractivity contribution in [2.75, 3.05) is 37.8 Å². The monoisotopic (exact) mass is 417 g/mol. The SMILES string of the molecule is COCC(=O)NC1=CC2(CCNCC2)Oc2ccc(NS(C)(=O)=O)cc21.Cl. The third-order valence-corrected chi connectivity index (χ3v) is 4.90. The number of fused-ring (bicyclic) bond motifs is 1. The van der Waals surface area contributed by atoms with Gasteiger partial charge in [0, 0.05) is 31.2 Å². The lowest BCUT2D eigenvalue weighted by molar-refractivity contribution is -0.123. The van der Waals surface area contributed by atoms with Gasteiger partial charge < -0.3 is 20.1 Å². The molecule has 3 rings (SSSR count). The number of ether oxygens (including phenoxy) is 2. The van der Waals surface area contributed by atoms with Crippen LogP contribution in [0.1, 0.15) is 18.4 Å². The first-order valence-electron chi connectivity index (χ1n) is 8.34. The van der Waals surface area contributed by atoms with E-state index >= 15 is 0 Å². The maximum Gasteiger partial charge on any atom is 0.250 e. The molecule has 0 saturated carbocycles. The molecule has 2 heterocycles. The van der Waals surface area contributed by atoms with E-state index in [9.17, 15) is 13.2 Å². The fourth-order valence-corrected chi connectivity index (χ4v) is 3.77. The van der Waals surface area contributed by atoms with E-state index in [0.717, 1.165) is 32.2 Å². The van der Waals surface area contributed by atoms with Gasteiger partial charge in [-0.3, -0.25) is 9.52 Å². The first-order chi connectivity index (χ1) is 12.3. The summed E-state index contributed by atoms with van der Waals surface area (Å²) in [5.41, 5.74) is 1.15. The summed E-state index contributed by atoms with van der Waals surface area (Å²) in [6, 6.07) is 5.03. The van der Waals surface area contributed by atoms with Crippen LogP contribution in [0.15, 0.2) is 24.3 Å². The molecule has 0 unspecified atom stereocenters. The standard InChI is InChI=1S/C17H23N3O5S.ClH/c1-24-11-16(21)19-14-10-17(5-7-18-8-6-17)25-15-4-3-12(9-13(14)15)20-26(2,22)23;/h3-4,9-10,18,20H,5-8,11H2,1-2H3,(H,19,21);1H. The number of halogens is 1. The molecule has 1 amide bonds. The zero-order valence-corrected chi connectivity index (χ0v) is 16.8. The lowest BCUT2D eigenvalue weighted by Gasteiger charge is -2.40. The van der Waals surface area contributed by atoms with Crippen molar-refractivity contribution < 1.29 is 22.7 Å². The van der Waals surface area contributed by atoms with Gasteiger partial charge in [0.2, 0.25) is 15.9 Å². The highest BCUT2D eigenvalue weighted by Crippen LogP contribution is 2.40. The number of nitrogens with one attached hydrogen (secondary N) is 3. The zero-order chi connectivity index (χ0) is 18.8. The molecule has 1 aromatic rings. The highest BCUT2D eigenvalue weighted by Gasteiger charge is 2.37. The molecule has 2 aliphatic rings. The Hall–Kier alpha value is -1.81. The minimum absolute atomic E-state index is 0. The lowest BCUT2D eigenvalue weighted by atomic mass is 9.87. The molecule has 0 aliphatic carbocycles. The van der Waals surface area contributed by atoms with Crippen LogP contribution in [-0.4, -0.2) is 53.0 Å². The molecule has 1 aromatic carbocycles. The average molecular weight is 418 g/mol. The number of carbonyl (C=O) groups excluding carboxylic acids is 1. The molecule has 150 valence electrons. The summed E-state index contributed by atoms with van der Waals surface area (Å²) >= 11 is 0. The van der Waals surface area contributed by atoms with Crippen molar-refractivity contribution in [3.8, 4) is 5.75 Å². The minimum Gasteiger partial charge on any atom is -0.482 e. The van der Waals surface area contributed by atoms with Gasteiger partial charge in [-0.2, -0.15) is 0 Å². The second kappa shape index (κ2) is 8.47. The number of piperidine rings is 1. The van der Waals surface area contributed by atoms with Crippen molar-refractivity contribution in [1.82, 2.24) is 10.6 Å². The molecule has 2 aliphatic heterocycles. The minimum atomic E-state index is -3.41. The number of hydrogen-bond donors (Lipinski definition) is 3. The van der Waals surface area contributed by atoms with E-state index in [1.54, 1.807) is 18.2 Å². The molecule has 3 N–H and O–H groups in total. The second-order valence-corrected chi connectivity index (χ2v) is 8.29. The molecule has 27 heavy (non-hydrogen) atoms. The molecule has 1 spiro atoms. The Morgan fingerprint density at radius 2 is 2.04 bits per heavy atom. The largest absolute Gasteiger partial charge is 0.482 e. The van der Waals surface area contributed by atoms with Crippen LogP contribution in [0.5, 0.6) is 5.75 Å². The van der Waals surface area contributed by atoms with E-state index < -0.39 is 15.6 Å². The number of hydrogen-bond acceptors (Lipinski definition) is 6. The van der Waals surface area contributed by atoms with Gasteiger partial charge in [-0.1, -0.05) is 0 Å². The van der Waals surface area contributed by atoms with Gasteiger partial charge in [0.15, 0.2) is 0 Å². The van der Waals surface area contributed by atoms with Crippen molar-refractivity contribution in [2.45, 2.75) is 18.4 Å². The van der Waals surface area contributed by atoms with Crippen LogP contribution in [0.25, 0.3) is 5.70 Å². The van der Waals surface area contributed by atoms with Gasteiger partial charge in [0.25, 0.3) is 0 Å². The summed E-state index contributed by atoms with van der Waals surface area (Å²) in [6.07, 6.45) is 4.57. The summed E-state index contributed by atoms with van der Waals surface area (Å²) in [7, 11) is -1.95. The van der Waals surface area contributed by atoms with Gasteiger partial charge >= 0.3 is 0 Å².